The molecule has 1 aliphatic rings. The average Bonchev–Trinajstić information content (AvgIpc) is 2.60. The summed E-state index contributed by atoms with van der Waals surface area (Å²) in [6.07, 6.45) is 0.944. The van der Waals surface area contributed by atoms with Gasteiger partial charge in [-0.2, -0.15) is 0 Å². The molecule has 1 aromatic carbocycles. The Bertz CT molecular complexity index is 545. The number of hydrogen-bond donors (Lipinski definition) is 1. The first-order chi connectivity index (χ1) is 11.6. The van der Waals surface area contributed by atoms with Gasteiger partial charge >= 0.3 is 0 Å². The Hall–Kier alpha value is -1.24. The standard InChI is InChI=1S/C17H24ClN3O2S/c1-2-7-19-16(22)12-20-8-10-21(11-9-20)17(23)13-24-15-5-3-14(18)4-6-15/h3-6H,2,7-13H2,1H3,(H,19,22). The molecule has 0 saturated carbocycles. The Labute approximate surface area is 152 Å². The van der Waals surface area contributed by atoms with Crippen molar-refractivity contribution in [3.8, 4) is 0 Å². The van der Waals surface area contributed by atoms with Gasteiger partial charge in [-0.15, -0.1) is 11.8 Å². The minimum atomic E-state index is 0.0647. The first-order valence-electron chi connectivity index (χ1n) is 8.23. The van der Waals surface area contributed by atoms with Gasteiger partial charge in [0.1, 0.15) is 0 Å². The van der Waals surface area contributed by atoms with E-state index < -0.39 is 0 Å². The number of thioether (sulfide) groups is 1. The normalized spacial score (nSPS) is 15.3. The molecule has 0 radical (unpaired) electrons. The maximum Gasteiger partial charge on any atom is 0.234 e. The highest BCUT2D eigenvalue weighted by Gasteiger charge is 2.22. The highest BCUT2D eigenvalue weighted by molar-refractivity contribution is 8.00. The number of nitrogens with one attached hydrogen (secondary N) is 1. The molecule has 5 nitrogen and oxygen atoms in total. The van der Waals surface area contributed by atoms with Gasteiger partial charge < -0.3 is 10.2 Å². The zero-order valence-electron chi connectivity index (χ0n) is 14.0. The second kappa shape index (κ2) is 9.91. The number of carbonyl (C=O) groups excluding carboxylic acids is 2. The third-order valence-corrected chi connectivity index (χ3v) is 5.09. The summed E-state index contributed by atoms with van der Waals surface area (Å²) in [5, 5.41) is 3.58. The minimum Gasteiger partial charge on any atom is -0.355 e. The van der Waals surface area contributed by atoms with Crippen molar-refractivity contribution in [3.05, 3.63) is 29.3 Å². The molecule has 2 rings (SSSR count). The molecule has 0 spiro atoms. The molecule has 0 aliphatic carbocycles. The molecule has 2 amide bonds. The van der Waals surface area contributed by atoms with Crippen LogP contribution in [0.3, 0.4) is 0 Å². The second-order valence-electron chi connectivity index (χ2n) is 5.75. The predicted octanol–water partition coefficient (Wildman–Crippen LogP) is 2.10. The Morgan fingerprint density at radius 3 is 2.46 bits per heavy atom. The summed E-state index contributed by atoms with van der Waals surface area (Å²) < 4.78 is 0. The summed E-state index contributed by atoms with van der Waals surface area (Å²) in [4.78, 5) is 29.0. The van der Waals surface area contributed by atoms with Crippen molar-refractivity contribution in [2.75, 3.05) is 45.0 Å². The number of halogens is 1. The molecule has 0 aromatic heterocycles. The average molecular weight is 370 g/mol. The van der Waals surface area contributed by atoms with Crippen LogP contribution in [-0.2, 0) is 9.59 Å². The molecule has 1 aliphatic heterocycles. The molecule has 24 heavy (non-hydrogen) atoms. The summed E-state index contributed by atoms with van der Waals surface area (Å²) in [6, 6.07) is 7.51. The van der Waals surface area contributed by atoms with Gasteiger partial charge in [0.2, 0.25) is 11.8 Å². The van der Waals surface area contributed by atoms with Gasteiger partial charge in [-0.1, -0.05) is 18.5 Å². The van der Waals surface area contributed by atoms with Crippen LogP contribution in [0.25, 0.3) is 0 Å². The van der Waals surface area contributed by atoms with E-state index in [-0.39, 0.29) is 11.8 Å². The summed E-state index contributed by atoms with van der Waals surface area (Å²) in [7, 11) is 0. The fraction of sp³-hybridized carbons (Fsp3) is 0.529. The summed E-state index contributed by atoms with van der Waals surface area (Å²) in [6.45, 7) is 6.03. The number of nitrogens with zero attached hydrogens (tertiary/aromatic N) is 2. The highest BCUT2D eigenvalue weighted by Crippen LogP contribution is 2.20. The fourth-order valence-corrected chi connectivity index (χ4v) is 3.37. The summed E-state index contributed by atoms with van der Waals surface area (Å²) in [5.41, 5.74) is 0. The van der Waals surface area contributed by atoms with Crippen LogP contribution in [0.15, 0.2) is 29.2 Å². The number of rotatable bonds is 7. The fourth-order valence-electron chi connectivity index (χ4n) is 2.45. The van der Waals surface area contributed by atoms with Crippen molar-refractivity contribution in [2.45, 2.75) is 18.2 Å². The zero-order valence-corrected chi connectivity index (χ0v) is 15.5. The van der Waals surface area contributed by atoms with E-state index >= 15 is 0 Å². The van der Waals surface area contributed by atoms with Crippen LogP contribution in [0.2, 0.25) is 5.02 Å². The van der Waals surface area contributed by atoms with Gasteiger partial charge in [0, 0.05) is 42.6 Å². The zero-order chi connectivity index (χ0) is 17.4. The van der Waals surface area contributed by atoms with E-state index in [4.69, 9.17) is 11.6 Å². The Morgan fingerprint density at radius 2 is 1.83 bits per heavy atom. The molecular weight excluding hydrogens is 346 g/mol. The summed E-state index contributed by atoms with van der Waals surface area (Å²) in [5.74, 6) is 0.637. The molecule has 0 bridgehead atoms. The highest BCUT2D eigenvalue weighted by atomic mass is 35.5. The van der Waals surface area contributed by atoms with Crippen molar-refractivity contribution >= 4 is 35.2 Å². The lowest BCUT2D eigenvalue weighted by atomic mass is 10.3. The van der Waals surface area contributed by atoms with Crippen LogP contribution >= 0.6 is 23.4 Å². The lowest BCUT2D eigenvalue weighted by Crippen LogP contribution is -2.51. The van der Waals surface area contributed by atoms with Crippen LogP contribution in [0, 0.1) is 0 Å². The van der Waals surface area contributed by atoms with Crippen molar-refractivity contribution in [1.82, 2.24) is 15.1 Å². The van der Waals surface area contributed by atoms with E-state index in [1.54, 1.807) is 0 Å². The largest absolute Gasteiger partial charge is 0.355 e. The maximum absolute atomic E-state index is 12.3. The van der Waals surface area contributed by atoms with Gasteiger partial charge in [-0.25, -0.2) is 0 Å². The molecule has 0 atom stereocenters. The smallest absolute Gasteiger partial charge is 0.234 e. The van der Waals surface area contributed by atoms with Gasteiger partial charge in [0.05, 0.1) is 12.3 Å². The van der Waals surface area contributed by atoms with Crippen molar-refractivity contribution in [2.24, 2.45) is 0 Å². The molecule has 7 heteroatoms. The van der Waals surface area contributed by atoms with E-state index in [2.05, 4.69) is 10.2 Å². The molecule has 1 aromatic rings. The topological polar surface area (TPSA) is 52.7 Å². The van der Waals surface area contributed by atoms with E-state index in [0.29, 0.717) is 30.4 Å². The summed E-state index contributed by atoms with van der Waals surface area (Å²) >= 11 is 7.38. The molecule has 0 unspecified atom stereocenters. The quantitative estimate of drug-likeness (QED) is 0.748. The monoisotopic (exact) mass is 369 g/mol. The third-order valence-electron chi connectivity index (χ3n) is 3.84. The number of hydrogen-bond acceptors (Lipinski definition) is 4. The Morgan fingerprint density at radius 1 is 1.17 bits per heavy atom. The van der Waals surface area contributed by atoms with Crippen molar-refractivity contribution < 1.29 is 9.59 Å². The molecule has 1 saturated heterocycles. The van der Waals surface area contributed by atoms with Gasteiger partial charge in [0.25, 0.3) is 0 Å². The Kier molecular flexibility index (Phi) is 7.88. The molecule has 132 valence electrons. The van der Waals surface area contributed by atoms with Crippen LogP contribution in [0.1, 0.15) is 13.3 Å². The first-order valence-corrected chi connectivity index (χ1v) is 9.60. The van der Waals surface area contributed by atoms with E-state index in [1.165, 1.54) is 11.8 Å². The van der Waals surface area contributed by atoms with Crippen LogP contribution < -0.4 is 5.32 Å². The van der Waals surface area contributed by atoms with Crippen LogP contribution in [-0.4, -0.2) is 66.6 Å². The third kappa shape index (κ3) is 6.34. The number of carbonyl (C=O) groups is 2. The van der Waals surface area contributed by atoms with Gasteiger partial charge in [-0.3, -0.25) is 14.5 Å². The molecular formula is C17H24ClN3O2S. The lowest BCUT2D eigenvalue weighted by molar-refractivity contribution is -0.130. The predicted molar refractivity (Wildman–Crippen MR) is 98.5 cm³/mol. The van der Waals surface area contributed by atoms with Gasteiger partial charge in [0.15, 0.2) is 0 Å². The minimum absolute atomic E-state index is 0.0647. The second-order valence-corrected chi connectivity index (χ2v) is 7.23. The molecule has 1 fully saturated rings. The number of benzene rings is 1. The molecule has 1 N–H and O–H groups in total. The lowest BCUT2D eigenvalue weighted by Gasteiger charge is -2.34. The number of piperazine rings is 1. The van der Waals surface area contributed by atoms with Gasteiger partial charge in [-0.05, 0) is 30.7 Å². The molecule has 1 heterocycles. The first kappa shape index (κ1) is 19.1. The Balaban J connectivity index is 1.68. The van der Waals surface area contributed by atoms with Crippen molar-refractivity contribution in [3.63, 3.8) is 0 Å². The number of amides is 2. The van der Waals surface area contributed by atoms with Crippen LogP contribution in [0.4, 0.5) is 0 Å². The van der Waals surface area contributed by atoms with E-state index in [9.17, 15) is 9.59 Å². The SMILES string of the molecule is CCCNC(=O)CN1CCN(C(=O)CSc2ccc(Cl)cc2)CC1. The van der Waals surface area contributed by atoms with Crippen molar-refractivity contribution in [1.29, 1.82) is 0 Å². The van der Waals surface area contributed by atoms with E-state index in [1.807, 2.05) is 36.1 Å². The van der Waals surface area contributed by atoms with Crippen LogP contribution in [0.5, 0.6) is 0 Å². The maximum atomic E-state index is 12.3. The van der Waals surface area contributed by atoms with E-state index in [0.717, 1.165) is 31.0 Å².